The van der Waals surface area contributed by atoms with Crippen LogP contribution in [-0.2, 0) is 9.53 Å². The Balaban J connectivity index is 2.02. The largest absolute Gasteiger partial charge is 0.464 e. The molecular weight excluding hydrogens is 234 g/mol. The van der Waals surface area contributed by atoms with Crippen LogP contribution in [0.3, 0.4) is 0 Å². The average Bonchev–Trinajstić information content (AvgIpc) is 2.47. The summed E-state index contributed by atoms with van der Waals surface area (Å²) >= 11 is 0. The van der Waals surface area contributed by atoms with Crippen molar-refractivity contribution in [2.24, 2.45) is 0 Å². The van der Waals surface area contributed by atoms with Gasteiger partial charge in [-0.3, -0.25) is 4.79 Å². The molecule has 1 aliphatic rings. The lowest BCUT2D eigenvalue weighted by Crippen LogP contribution is -2.45. The summed E-state index contributed by atoms with van der Waals surface area (Å²) in [7, 11) is 1.33. The topological polar surface area (TPSA) is 62.7 Å². The monoisotopic (exact) mass is 249 g/mol. The second-order valence-corrected chi connectivity index (χ2v) is 4.02. The number of anilines is 1. The molecule has 1 aliphatic heterocycles. The molecular formula is C12H15N3O3. The highest BCUT2D eigenvalue weighted by molar-refractivity contribution is 5.87. The van der Waals surface area contributed by atoms with E-state index in [2.05, 4.69) is 14.6 Å². The maximum absolute atomic E-state index is 11.2. The van der Waals surface area contributed by atoms with E-state index in [0.717, 1.165) is 25.2 Å². The summed E-state index contributed by atoms with van der Waals surface area (Å²) in [5.41, 5.74) is 1.25. The van der Waals surface area contributed by atoms with Crippen molar-refractivity contribution in [3.8, 4) is 0 Å². The predicted octanol–water partition coefficient (Wildman–Crippen LogP) is 0.147. The minimum Gasteiger partial charge on any atom is -0.464 e. The maximum atomic E-state index is 11.2. The van der Waals surface area contributed by atoms with E-state index in [-0.39, 0.29) is 0 Å². The lowest BCUT2D eigenvalue weighted by atomic mass is 10.2. The second kappa shape index (κ2) is 5.48. The molecule has 2 heterocycles. The molecule has 1 amide bonds. The minimum absolute atomic E-state index is 0.299. The molecule has 0 aromatic carbocycles. The Kier molecular flexibility index (Phi) is 3.76. The van der Waals surface area contributed by atoms with Gasteiger partial charge in [0, 0.05) is 26.2 Å². The molecule has 0 bridgehead atoms. The normalized spacial score (nSPS) is 15.4. The van der Waals surface area contributed by atoms with Gasteiger partial charge in [-0.05, 0) is 12.1 Å². The molecule has 6 heteroatoms. The van der Waals surface area contributed by atoms with Crippen LogP contribution in [0.25, 0.3) is 0 Å². The summed E-state index contributed by atoms with van der Waals surface area (Å²) in [6.07, 6.45) is 2.53. The molecule has 1 aromatic heterocycles. The van der Waals surface area contributed by atoms with Gasteiger partial charge in [-0.25, -0.2) is 9.78 Å². The summed E-state index contributed by atoms with van der Waals surface area (Å²) < 4.78 is 4.59. The number of rotatable bonds is 3. The highest BCUT2D eigenvalue weighted by Crippen LogP contribution is 2.15. The van der Waals surface area contributed by atoms with Crippen LogP contribution >= 0.6 is 0 Å². The highest BCUT2D eigenvalue weighted by Gasteiger charge is 2.16. The van der Waals surface area contributed by atoms with Crippen molar-refractivity contribution >= 4 is 18.1 Å². The molecule has 2 rings (SSSR count). The first-order valence-corrected chi connectivity index (χ1v) is 5.73. The number of pyridine rings is 1. The summed E-state index contributed by atoms with van der Waals surface area (Å²) in [5, 5.41) is 0. The zero-order chi connectivity index (χ0) is 13.0. The number of aromatic nitrogens is 1. The van der Waals surface area contributed by atoms with Crippen molar-refractivity contribution in [2.75, 3.05) is 38.2 Å². The van der Waals surface area contributed by atoms with Crippen molar-refractivity contribution < 1.29 is 14.3 Å². The number of carbonyl (C=O) groups excluding carboxylic acids is 2. The van der Waals surface area contributed by atoms with Crippen LogP contribution in [-0.4, -0.2) is 55.6 Å². The van der Waals surface area contributed by atoms with Crippen molar-refractivity contribution in [3.63, 3.8) is 0 Å². The molecule has 0 radical (unpaired) electrons. The average molecular weight is 249 g/mol. The van der Waals surface area contributed by atoms with E-state index in [9.17, 15) is 9.59 Å². The Morgan fingerprint density at radius 3 is 2.56 bits per heavy atom. The molecule has 1 saturated heterocycles. The van der Waals surface area contributed by atoms with E-state index in [1.165, 1.54) is 7.11 Å². The van der Waals surface area contributed by atoms with Crippen LogP contribution in [0.5, 0.6) is 0 Å². The van der Waals surface area contributed by atoms with Gasteiger partial charge in [0.1, 0.15) is 5.69 Å². The summed E-state index contributed by atoms with van der Waals surface area (Å²) in [5.74, 6) is -0.438. The molecule has 0 aliphatic carbocycles. The van der Waals surface area contributed by atoms with Crippen LogP contribution in [0, 0.1) is 0 Å². The van der Waals surface area contributed by atoms with Gasteiger partial charge in [0.05, 0.1) is 19.0 Å². The highest BCUT2D eigenvalue weighted by atomic mass is 16.5. The molecule has 0 N–H and O–H groups in total. The van der Waals surface area contributed by atoms with Crippen molar-refractivity contribution in [3.05, 3.63) is 24.0 Å². The summed E-state index contributed by atoms with van der Waals surface area (Å²) in [4.78, 5) is 29.8. The zero-order valence-electron chi connectivity index (χ0n) is 10.2. The van der Waals surface area contributed by atoms with Crippen molar-refractivity contribution in [1.82, 2.24) is 9.88 Å². The van der Waals surface area contributed by atoms with Crippen LogP contribution in [0.2, 0.25) is 0 Å². The van der Waals surface area contributed by atoms with Gasteiger partial charge in [0.25, 0.3) is 0 Å². The predicted molar refractivity (Wildman–Crippen MR) is 65.4 cm³/mol. The number of piperazine rings is 1. The number of esters is 1. The molecule has 0 unspecified atom stereocenters. The molecule has 1 fully saturated rings. The Hall–Kier alpha value is -2.11. The first-order valence-electron chi connectivity index (χ1n) is 5.73. The maximum Gasteiger partial charge on any atom is 0.356 e. The van der Waals surface area contributed by atoms with Crippen LogP contribution in [0.1, 0.15) is 10.5 Å². The van der Waals surface area contributed by atoms with Gasteiger partial charge >= 0.3 is 5.97 Å². The molecule has 18 heavy (non-hydrogen) atoms. The molecule has 0 saturated carbocycles. The lowest BCUT2D eigenvalue weighted by Gasteiger charge is -2.33. The van der Waals surface area contributed by atoms with Gasteiger partial charge in [0.2, 0.25) is 6.41 Å². The van der Waals surface area contributed by atoms with Crippen LogP contribution in [0.15, 0.2) is 18.3 Å². The van der Waals surface area contributed by atoms with E-state index in [1.54, 1.807) is 17.2 Å². The third-order valence-corrected chi connectivity index (χ3v) is 2.97. The third kappa shape index (κ3) is 2.58. The molecule has 1 aromatic rings. The number of hydrogen-bond donors (Lipinski definition) is 0. The van der Waals surface area contributed by atoms with Gasteiger partial charge in [-0.2, -0.15) is 0 Å². The first-order chi connectivity index (χ1) is 8.74. The zero-order valence-corrected chi connectivity index (χ0v) is 10.2. The number of nitrogens with zero attached hydrogens (tertiary/aromatic N) is 3. The first kappa shape index (κ1) is 12.3. The Morgan fingerprint density at radius 1 is 1.33 bits per heavy atom. The smallest absolute Gasteiger partial charge is 0.356 e. The van der Waals surface area contributed by atoms with E-state index in [1.807, 2.05) is 6.07 Å². The fourth-order valence-corrected chi connectivity index (χ4v) is 1.88. The fourth-order valence-electron chi connectivity index (χ4n) is 1.88. The van der Waals surface area contributed by atoms with E-state index < -0.39 is 5.97 Å². The SMILES string of the molecule is COC(=O)c1ccc(N2CCN(C=O)CC2)cn1. The lowest BCUT2D eigenvalue weighted by molar-refractivity contribution is -0.118. The minimum atomic E-state index is -0.438. The van der Waals surface area contributed by atoms with E-state index in [4.69, 9.17) is 0 Å². The van der Waals surface area contributed by atoms with Gasteiger partial charge < -0.3 is 14.5 Å². The standard InChI is InChI=1S/C12H15N3O3/c1-18-12(17)11-3-2-10(8-13-11)15-6-4-14(9-16)5-7-15/h2-3,8-9H,4-7H2,1H3. The van der Waals surface area contributed by atoms with Crippen LogP contribution < -0.4 is 4.90 Å². The quantitative estimate of drug-likeness (QED) is 0.563. The Morgan fingerprint density at radius 2 is 2.06 bits per heavy atom. The number of amides is 1. The van der Waals surface area contributed by atoms with Crippen molar-refractivity contribution in [1.29, 1.82) is 0 Å². The fraction of sp³-hybridized carbons (Fsp3) is 0.417. The van der Waals surface area contributed by atoms with Crippen LogP contribution in [0.4, 0.5) is 5.69 Å². The number of methoxy groups -OCH3 is 1. The molecule has 96 valence electrons. The number of ether oxygens (including phenoxy) is 1. The Bertz CT molecular complexity index is 425. The van der Waals surface area contributed by atoms with Crippen molar-refractivity contribution in [2.45, 2.75) is 0 Å². The van der Waals surface area contributed by atoms with Gasteiger partial charge in [0.15, 0.2) is 0 Å². The summed E-state index contributed by atoms with van der Waals surface area (Å²) in [6, 6.07) is 3.49. The van der Waals surface area contributed by atoms with E-state index in [0.29, 0.717) is 18.8 Å². The summed E-state index contributed by atoms with van der Waals surface area (Å²) in [6.45, 7) is 2.97. The molecule has 0 spiro atoms. The van der Waals surface area contributed by atoms with Gasteiger partial charge in [-0.1, -0.05) is 0 Å². The number of carbonyl (C=O) groups is 2. The Labute approximate surface area is 105 Å². The second-order valence-electron chi connectivity index (χ2n) is 4.02. The van der Waals surface area contributed by atoms with E-state index >= 15 is 0 Å². The van der Waals surface area contributed by atoms with Gasteiger partial charge in [-0.15, -0.1) is 0 Å². The molecule has 0 atom stereocenters. The molecule has 6 nitrogen and oxygen atoms in total. The number of hydrogen-bond acceptors (Lipinski definition) is 5. The third-order valence-electron chi connectivity index (χ3n) is 2.97.